The van der Waals surface area contributed by atoms with E-state index in [2.05, 4.69) is 20.5 Å². The van der Waals surface area contributed by atoms with Crippen LogP contribution in [0.4, 0.5) is 4.39 Å². The molecule has 0 unspecified atom stereocenters. The number of nitrogens with zero attached hydrogens (tertiary/aromatic N) is 2. The van der Waals surface area contributed by atoms with Gasteiger partial charge in [0.2, 0.25) is 0 Å². The number of methoxy groups -OCH3 is 1. The minimum atomic E-state index is -0.261. The lowest BCUT2D eigenvalue weighted by Gasteiger charge is -2.33. The molecule has 1 aromatic rings. The molecule has 0 bridgehead atoms. The van der Waals surface area contributed by atoms with Crippen LogP contribution >= 0.6 is 11.6 Å². The molecule has 2 rings (SSSR count). The molecule has 5 nitrogen and oxygen atoms in total. The number of hydrogen-bond acceptors (Lipinski definition) is 3. The standard InChI is InChI=1S/C19H30ClFN4O/c1-22-19(23-10-7-16-17(20)5-3-6-18(16)21)24-15-8-12-25(13-9-15)11-4-14-26-2/h3,5-6,15H,4,7-14H2,1-2H3,(H2,22,23,24). The number of ether oxygens (including phenoxy) is 1. The van der Waals surface area contributed by atoms with Gasteiger partial charge >= 0.3 is 0 Å². The van der Waals surface area contributed by atoms with Crippen LogP contribution in [0.25, 0.3) is 0 Å². The molecule has 1 aliphatic rings. The molecular formula is C19H30ClFN4O. The van der Waals surface area contributed by atoms with Gasteiger partial charge in [0, 0.05) is 63.6 Å². The highest BCUT2D eigenvalue weighted by Crippen LogP contribution is 2.19. The summed E-state index contributed by atoms with van der Waals surface area (Å²) in [6.45, 7) is 4.67. The van der Waals surface area contributed by atoms with Gasteiger partial charge in [0.05, 0.1) is 0 Å². The zero-order chi connectivity index (χ0) is 18.8. The van der Waals surface area contributed by atoms with E-state index in [1.807, 2.05) is 0 Å². The molecule has 0 aromatic heterocycles. The summed E-state index contributed by atoms with van der Waals surface area (Å²) >= 11 is 6.07. The summed E-state index contributed by atoms with van der Waals surface area (Å²) in [6, 6.07) is 5.19. The van der Waals surface area contributed by atoms with E-state index in [-0.39, 0.29) is 5.82 Å². The maximum atomic E-state index is 13.8. The Balaban J connectivity index is 1.70. The van der Waals surface area contributed by atoms with Gasteiger partial charge in [0.25, 0.3) is 0 Å². The first-order chi connectivity index (χ1) is 12.6. The first kappa shape index (κ1) is 20.9. The Morgan fingerprint density at radius 1 is 1.38 bits per heavy atom. The Hall–Kier alpha value is -1.37. The van der Waals surface area contributed by atoms with E-state index in [9.17, 15) is 4.39 Å². The van der Waals surface area contributed by atoms with Crippen molar-refractivity contribution in [2.24, 2.45) is 4.99 Å². The normalized spacial score (nSPS) is 16.7. The zero-order valence-electron chi connectivity index (χ0n) is 15.7. The molecule has 1 fully saturated rings. The summed E-state index contributed by atoms with van der Waals surface area (Å²) in [6.07, 6.45) is 3.78. The van der Waals surface area contributed by atoms with Gasteiger partial charge in [-0.2, -0.15) is 0 Å². The quantitative estimate of drug-likeness (QED) is 0.411. The van der Waals surface area contributed by atoms with E-state index in [0.29, 0.717) is 29.6 Å². The second-order valence-corrected chi connectivity index (χ2v) is 6.96. The molecule has 146 valence electrons. The number of piperidine rings is 1. The van der Waals surface area contributed by atoms with Gasteiger partial charge in [0.15, 0.2) is 5.96 Å². The van der Waals surface area contributed by atoms with E-state index in [0.717, 1.165) is 51.5 Å². The summed E-state index contributed by atoms with van der Waals surface area (Å²) in [4.78, 5) is 6.76. The summed E-state index contributed by atoms with van der Waals surface area (Å²) < 4.78 is 18.9. The molecule has 0 radical (unpaired) electrons. The van der Waals surface area contributed by atoms with Crippen LogP contribution in [0.15, 0.2) is 23.2 Å². The molecule has 0 saturated carbocycles. The fraction of sp³-hybridized carbons (Fsp3) is 0.632. The van der Waals surface area contributed by atoms with Crippen LogP contribution < -0.4 is 10.6 Å². The van der Waals surface area contributed by atoms with E-state index < -0.39 is 0 Å². The van der Waals surface area contributed by atoms with Crippen molar-refractivity contribution in [1.82, 2.24) is 15.5 Å². The topological polar surface area (TPSA) is 48.9 Å². The number of aliphatic imine (C=N–C) groups is 1. The van der Waals surface area contributed by atoms with E-state index in [1.54, 1.807) is 26.3 Å². The van der Waals surface area contributed by atoms with Crippen molar-refractivity contribution in [1.29, 1.82) is 0 Å². The molecule has 0 aliphatic carbocycles. The van der Waals surface area contributed by atoms with Crippen molar-refractivity contribution >= 4 is 17.6 Å². The van der Waals surface area contributed by atoms with Crippen LogP contribution in [-0.2, 0) is 11.2 Å². The fourth-order valence-corrected chi connectivity index (χ4v) is 3.46. The van der Waals surface area contributed by atoms with Gasteiger partial charge < -0.3 is 20.3 Å². The monoisotopic (exact) mass is 384 g/mol. The lowest BCUT2D eigenvalue weighted by Crippen LogP contribution is -2.49. The van der Waals surface area contributed by atoms with Crippen molar-refractivity contribution < 1.29 is 9.13 Å². The molecule has 0 spiro atoms. The Bertz CT molecular complexity index is 556. The summed E-state index contributed by atoms with van der Waals surface area (Å²) in [7, 11) is 3.50. The molecule has 1 aliphatic heterocycles. The van der Waals surface area contributed by atoms with Gasteiger partial charge in [-0.15, -0.1) is 0 Å². The van der Waals surface area contributed by atoms with Crippen LogP contribution in [0.2, 0.25) is 5.02 Å². The molecule has 0 amide bonds. The highest BCUT2D eigenvalue weighted by atomic mass is 35.5. The number of rotatable bonds is 8. The minimum absolute atomic E-state index is 0.261. The molecule has 0 atom stereocenters. The number of guanidine groups is 1. The Morgan fingerprint density at radius 3 is 2.81 bits per heavy atom. The summed E-state index contributed by atoms with van der Waals surface area (Å²) in [5.74, 6) is 0.499. The van der Waals surface area contributed by atoms with Crippen LogP contribution in [0.1, 0.15) is 24.8 Å². The highest BCUT2D eigenvalue weighted by molar-refractivity contribution is 6.31. The molecule has 1 aromatic carbocycles. The molecule has 7 heteroatoms. The molecule has 26 heavy (non-hydrogen) atoms. The lowest BCUT2D eigenvalue weighted by molar-refractivity contribution is 0.155. The largest absolute Gasteiger partial charge is 0.385 e. The van der Waals surface area contributed by atoms with Crippen molar-refractivity contribution in [3.63, 3.8) is 0 Å². The van der Waals surface area contributed by atoms with Gasteiger partial charge in [0.1, 0.15) is 5.82 Å². The van der Waals surface area contributed by atoms with Gasteiger partial charge in [-0.1, -0.05) is 17.7 Å². The number of likely N-dealkylation sites (tertiary alicyclic amines) is 1. The maximum Gasteiger partial charge on any atom is 0.191 e. The third-order valence-corrected chi connectivity index (χ3v) is 5.06. The first-order valence-electron chi connectivity index (χ1n) is 9.25. The number of benzene rings is 1. The summed E-state index contributed by atoms with van der Waals surface area (Å²) in [5.41, 5.74) is 0.543. The molecule has 2 N–H and O–H groups in total. The van der Waals surface area contributed by atoms with Gasteiger partial charge in [-0.25, -0.2) is 4.39 Å². The average molecular weight is 385 g/mol. The highest BCUT2D eigenvalue weighted by Gasteiger charge is 2.19. The lowest BCUT2D eigenvalue weighted by atomic mass is 10.1. The second-order valence-electron chi connectivity index (χ2n) is 6.56. The average Bonchev–Trinajstić information content (AvgIpc) is 2.64. The number of hydrogen-bond donors (Lipinski definition) is 2. The van der Waals surface area contributed by atoms with E-state index in [1.165, 1.54) is 6.07 Å². The second kappa shape index (κ2) is 11.4. The first-order valence-corrected chi connectivity index (χ1v) is 9.63. The zero-order valence-corrected chi connectivity index (χ0v) is 16.5. The predicted octanol–water partition coefficient (Wildman–Crippen LogP) is 2.69. The third kappa shape index (κ3) is 6.74. The van der Waals surface area contributed by atoms with Crippen molar-refractivity contribution in [2.75, 3.05) is 46.9 Å². The minimum Gasteiger partial charge on any atom is -0.385 e. The Morgan fingerprint density at radius 2 is 2.15 bits per heavy atom. The van der Waals surface area contributed by atoms with E-state index in [4.69, 9.17) is 16.3 Å². The molecular weight excluding hydrogens is 355 g/mol. The molecule has 1 saturated heterocycles. The van der Waals surface area contributed by atoms with E-state index >= 15 is 0 Å². The smallest absolute Gasteiger partial charge is 0.191 e. The van der Waals surface area contributed by atoms with Crippen LogP contribution in [0, 0.1) is 5.82 Å². The number of halogens is 2. The van der Waals surface area contributed by atoms with Crippen molar-refractivity contribution in [3.8, 4) is 0 Å². The predicted molar refractivity (Wildman–Crippen MR) is 106 cm³/mol. The van der Waals surface area contributed by atoms with Crippen LogP contribution in [0.3, 0.4) is 0 Å². The molecule has 1 heterocycles. The van der Waals surface area contributed by atoms with Crippen molar-refractivity contribution in [2.45, 2.75) is 31.7 Å². The van der Waals surface area contributed by atoms with Gasteiger partial charge in [-0.3, -0.25) is 4.99 Å². The summed E-state index contributed by atoms with van der Waals surface area (Å²) in [5, 5.41) is 7.19. The van der Waals surface area contributed by atoms with Crippen LogP contribution in [0.5, 0.6) is 0 Å². The number of nitrogens with one attached hydrogen (secondary N) is 2. The third-order valence-electron chi connectivity index (χ3n) is 4.70. The Labute approximate surface area is 161 Å². The Kier molecular flexibility index (Phi) is 9.15. The fourth-order valence-electron chi connectivity index (χ4n) is 3.20. The van der Waals surface area contributed by atoms with Crippen LogP contribution in [-0.4, -0.2) is 63.8 Å². The SMILES string of the molecule is CN=C(NCCc1c(F)cccc1Cl)NC1CCN(CCCOC)CC1. The van der Waals surface area contributed by atoms with Gasteiger partial charge in [-0.05, 0) is 37.8 Å². The van der Waals surface area contributed by atoms with Crippen molar-refractivity contribution in [3.05, 3.63) is 34.6 Å². The maximum absolute atomic E-state index is 13.8.